The number of aromatic hydroxyl groups is 1. The van der Waals surface area contributed by atoms with Gasteiger partial charge in [0.25, 0.3) is 0 Å². The lowest BCUT2D eigenvalue weighted by atomic mass is 10.0. The molecule has 0 atom stereocenters. The zero-order valence-electron chi connectivity index (χ0n) is 14.3. The van der Waals surface area contributed by atoms with Crippen LogP contribution in [0.5, 0.6) is 11.5 Å². The predicted octanol–water partition coefficient (Wildman–Crippen LogP) is 3.59. The van der Waals surface area contributed by atoms with Crippen LogP contribution in [0.15, 0.2) is 18.2 Å². The second kappa shape index (κ2) is 9.30. The van der Waals surface area contributed by atoms with Gasteiger partial charge < -0.3 is 15.2 Å². The molecule has 1 aliphatic rings. The Bertz CT molecular complexity index is 562. The molecule has 5 nitrogen and oxygen atoms in total. The SMILES string of the molecule is CCOc1cc(C(=O)CCC(=O)NC2CCCCCC2)ccc1O. The first kappa shape index (κ1) is 18.3. The lowest BCUT2D eigenvalue weighted by Gasteiger charge is -2.16. The van der Waals surface area contributed by atoms with Crippen molar-refractivity contribution in [2.75, 3.05) is 6.61 Å². The molecule has 0 heterocycles. The zero-order chi connectivity index (χ0) is 17.4. The first-order chi connectivity index (χ1) is 11.6. The smallest absolute Gasteiger partial charge is 0.220 e. The molecule has 132 valence electrons. The summed E-state index contributed by atoms with van der Waals surface area (Å²) in [5.74, 6) is 0.136. The van der Waals surface area contributed by atoms with Crippen LogP contribution in [0, 0.1) is 0 Å². The van der Waals surface area contributed by atoms with Gasteiger partial charge in [0.15, 0.2) is 17.3 Å². The molecular formula is C19H27NO4. The second-order valence-corrected chi connectivity index (χ2v) is 6.29. The van der Waals surface area contributed by atoms with E-state index in [-0.39, 0.29) is 36.3 Å². The molecule has 0 aliphatic heterocycles. The van der Waals surface area contributed by atoms with Crippen LogP contribution in [-0.4, -0.2) is 29.4 Å². The molecule has 0 aromatic heterocycles. The van der Waals surface area contributed by atoms with E-state index >= 15 is 0 Å². The number of rotatable bonds is 7. The van der Waals surface area contributed by atoms with Gasteiger partial charge in [-0.1, -0.05) is 25.7 Å². The van der Waals surface area contributed by atoms with Crippen LogP contribution in [-0.2, 0) is 4.79 Å². The van der Waals surface area contributed by atoms with Gasteiger partial charge in [0.2, 0.25) is 5.91 Å². The van der Waals surface area contributed by atoms with Gasteiger partial charge in [-0.05, 0) is 38.0 Å². The van der Waals surface area contributed by atoms with Crippen LogP contribution < -0.4 is 10.1 Å². The maximum atomic E-state index is 12.2. The van der Waals surface area contributed by atoms with Gasteiger partial charge in [-0.3, -0.25) is 9.59 Å². The Balaban J connectivity index is 1.83. The number of amides is 1. The Morgan fingerprint density at radius 1 is 1.17 bits per heavy atom. The number of hydrogen-bond acceptors (Lipinski definition) is 4. The first-order valence-corrected chi connectivity index (χ1v) is 8.88. The van der Waals surface area contributed by atoms with Gasteiger partial charge in [-0.15, -0.1) is 0 Å². The fourth-order valence-corrected chi connectivity index (χ4v) is 3.05. The Hall–Kier alpha value is -2.04. The minimum Gasteiger partial charge on any atom is -0.504 e. The maximum Gasteiger partial charge on any atom is 0.220 e. The van der Waals surface area contributed by atoms with E-state index in [4.69, 9.17) is 4.74 Å². The summed E-state index contributed by atoms with van der Waals surface area (Å²) in [6, 6.07) is 4.80. The van der Waals surface area contributed by atoms with Crippen molar-refractivity contribution in [2.24, 2.45) is 0 Å². The molecule has 0 bridgehead atoms. The second-order valence-electron chi connectivity index (χ2n) is 6.29. The van der Waals surface area contributed by atoms with E-state index in [1.807, 2.05) is 6.92 Å². The van der Waals surface area contributed by atoms with Crippen LogP contribution in [0.1, 0.15) is 68.6 Å². The molecule has 0 unspecified atom stereocenters. The summed E-state index contributed by atoms with van der Waals surface area (Å²) in [4.78, 5) is 24.3. The average molecular weight is 333 g/mol. The number of ether oxygens (including phenoxy) is 1. The van der Waals surface area contributed by atoms with E-state index in [2.05, 4.69) is 5.32 Å². The lowest BCUT2D eigenvalue weighted by Crippen LogP contribution is -2.34. The molecule has 1 aliphatic carbocycles. The summed E-state index contributed by atoms with van der Waals surface area (Å²) >= 11 is 0. The number of carbonyl (C=O) groups is 2. The summed E-state index contributed by atoms with van der Waals surface area (Å²) in [5, 5.41) is 12.7. The number of hydrogen-bond donors (Lipinski definition) is 2. The van der Waals surface area contributed by atoms with Gasteiger partial charge in [-0.2, -0.15) is 0 Å². The maximum absolute atomic E-state index is 12.2. The molecule has 0 saturated heterocycles. The fourth-order valence-electron chi connectivity index (χ4n) is 3.05. The molecule has 2 N–H and O–H groups in total. The van der Waals surface area contributed by atoms with E-state index in [0.717, 1.165) is 25.7 Å². The fraction of sp³-hybridized carbons (Fsp3) is 0.579. The van der Waals surface area contributed by atoms with Crippen molar-refractivity contribution in [2.45, 2.75) is 64.3 Å². The van der Waals surface area contributed by atoms with Gasteiger partial charge in [0, 0.05) is 24.4 Å². The monoisotopic (exact) mass is 333 g/mol. The molecular weight excluding hydrogens is 306 g/mol. The van der Waals surface area contributed by atoms with E-state index in [1.54, 1.807) is 6.07 Å². The summed E-state index contributed by atoms with van der Waals surface area (Å²) in [7, 11) is 0. The number of ketones is 1. The molecule has 0 spiro atoms. The van der Waals surface area contributed by atoms with Gasteiger partial charge in [-0.25, -0.2) is 0 Å². The van der Waals surface area contributed by atoms with Gasteiger partial charge in [0.1, 0.15) is 0 Å². The van der Waals surface area contributed by atoms with Crippen molar-refractivity contribution in [3.63, 3.8) is 0 Å². The molecule has 0 radical (unpaired) electrons. The van der Waals surface area contributed by atoms with Crippen LogP contribution in [0.25, 0.3) is 0 Å². The van der Waals surface area contributed by atoms with Crippen molar-refractivity contribution < 1.29 is 19.4 Å². The van der Waals surface area contributed by atoms with Crippen molar-refractivity contribution in [1.82, 2.24) is 5.32 Å². The standard InChI is InChI=1S/C19H27NO4/c1-2-24-18-13-14(9-10-17(18)22)16(21)11-12-19(23)20-15-7-5-3-4-6-8-15/h9-10,13,15,22H,2-8,11-12H2,1H3,(H,20,23). The van der Waals surface area contributed by atoms with E-state index in [9.17, 15) is 14.7 Å². The number of benzene rings is 1. The number of carbonyl (C=O) groups excluding carboxylic acids is 2. The Kier molecular flexibility index (Phi) is 7.09. The van der Waals surface area contributed by atoms with Crippen molar-refractivity contribution in [3.8, 4) is 11.5 Å². The summed E-state index contributed by atoms with van der Waals surface area (Å²) in [5.41, 5.74) is 0.457. The zero-order valence-corrected chi connectivity index (χ0v) is 14.3. The molecule has 1 aromatic rings. The minimum atomic E-state index is -0.119. The number of nitrogens with one attached hydrogen (secondary N) is 1. The minimum absolute atomic E-state index is 0.0134. The third kappa shape index (κ3) is 5.55. The predicted molar refractivity (Wildman–Crippen MR) is 92.5 cm³/mol. The number of Topliss-reactive ketones (excluding diaryl/α,β-unsaturated/α-hetero) is 1. The molecule has 5 heteroatoms. The lowest BCUT2D eigenvalue weighted by molar-refractivity contribution is -0.121. The highest BCUT2D eigenvalue weighted by Gasteiger charge is 2.16. The quantitative estimate of drug-likeness (QED) is 0.590. The van der Waals surface area contributed by atoms with Crippen LogP contribution in [0.3, 0.4) is 0 Å². The highest BCUT2D eigenvalue weighted by molar-refractivity contribution is 5.98. The molecule has 1 saturated carbocycles. The largest absolute Gasteiger partial charge is 0.504 e. The van der Waals surface area contributed by atoms with Crippen molar-refractivity contribution in [3.05, 3.63) is 23.8 Å². The van der Waals surface area contributed by atoms with E-state index in [0.29, 0.717) is 17.9 Å². The van der Waals surface area contributed by atoms with Crippen LogP contribution in [0.2, 0.25) is 0 Å². The van der Waals surface area contributed by atoms with Crippen molar-refractivity contribution in [1.29, 1.82) is 0 Å². The Labute approximate surface area is 143 Å². The highest BCUT2D eigenvalue weighted by Crippen LogP contribution is 2.27. The normalized spacial score (nSPS) is 15.5. The number of phenols is 1. The summed E-state index contributed by atoms with van der Waals surface area (Å²) < 4.78 is 5.28. The van der Waals surface area contributed by atoms with Gasteiger partial charge >= 0.3 is 0 Å². The molecule has 1 amide bonds. The first-order valence-electron chi connectivity index (χ1n) is 8.88. The average Bonchev–Trinajstić information content (AvgIpc) is 2.83. The van der Waals surface area contributed by atoms with E-state index in [1.165, 1.54) is 25.0 Å². The molecule has 24 heavy (non-hydrogen) atoms. The summed E-state index contributed by atoms with van der Waals surface area (Å²) in [6.45, 7) is 2.22. The van der Waals surface area contributed by atoms with Crippen LogP contribution >= 0.6 is 0 Å². The number of phenolic OH excluding ortho intramolecular Hbond substituents is 1. The molecule has 2 rings (SSSR count). The molecule has 1 fully saturated rings. The Morgan fingerprint density at radius 2 is 1.88 bits per heavy atom. The summed E-state index contributed by atoms with van der Waals surface area (Å²) in [6.07, 6.45) is 7.25. The third-order valence-corrected chi connectivity index (χ3v) is 4.38. The highest BCUT2D eigenvalue weighted by atomic mass is 16.5. The topological polar surface area (TPSA) is 75.6 Å². The third-order valence-electron chi connectivity index (χ3n) is 4.38. The van der Waals surface area contributed by atoms with E-state index < -0.39 is 0 Å². The van der Waals surface area contributed by atoms with Gasteiger partial charge in [0.05, 0.1) is 6.61 Å². The molecule has 1 aromatic carbocycles. The Morgan fingerprint density at radius 3 is 2.54 bits per heavy atom. The van der Waals surface area contributed by atoms with Crippen LogP contribution in [0.4, 0.5) is 0 Å². The van der Waals surface area contributed by atoms with Crippen molar-refractivity contribution >= 4 is 11.7 Å².